The highest BCUT2D eigenvalue weighted by Crippen LogP contribution is 2.26. The van der Waals surface area contributed by atoms with E-state index in [0.29, 0.717) is 0 Å². The summed E-state index contributed by atoms with van der Waals surface area (Å²) in [5.41, 5.74) is 6.34. The molecular weight excluding hydrogens is 344 g/mol. The van der Waals surface area contributed by atoms with Gasteiger partial charge in [0.25, 0.3) is 0 Å². The molecule has 0 aliphatic heterocycles. The Balaban J connectivity index is 1.24. The van der Waals surface area contributed by atoms with E-state index in [1.165, 1.54) is 53.3 Å². The number of nitrogens with zero attached hydrogens (tertiary/aromatic N) is 3. The van der Waals surface area contributed by atoms with Gasteiger partial charge in [-0.1, -0.05) is 30.3 Å². The molecule has 4 heteroatoms. The van der Waals surface area contributed by atoms with Crippen LogP contribution in [-0.2, 0) is 19.4 Å². The van der Waals surface area contributed by atoms with Crippen LogP contribution in [0.25, 0.3) is 22.2 Å². The zero-order valence-corrected chi connectivity index (χ0v) is 15.9. The van der Waals surface area contributed by atoms with Gasteiger partial charge < -0.3 is 9.88 Å². The molecule has 0 amide bonds. The number of nitrogens with one attached hydrogen (secondary N) is 1. The SMILES string of the molecule is c1ccc2c(c1)ccn2CCNc1ccc(-c2ccc3c(c2)CCCC3)nn1. The molecule has 0 saturated heterocycles. The fourth-order valence-electron chi connectivity index (χ4n) is 4.11. The number of hydrogen-bond donors (Lipinski definition) is 1. The van der Waals surface area contributed by atoms with E-state index in [-0.39, 0.29) is 0 Å². The topological polar surface area (TPSA) is 42.7 Å². The molecule has 2 aromatic heterocycles. The van der Waals surface area contributed by atoms with Crippen molar-refractivity contribution in [3.63, 3.8) is 0 Å². The van der Waals surface area contributed by atoms with E-state index >= 15 is 0 Å². The van der Waals surface area contributed by atoms with Crippen molar-refractivity contribution in [3.8, 4) is 11.3 Å². The monoisotopic (exact) mass is 368 g/mol. The van der Waals surface area contributed by atoms with Crippen LogP contribution in [0.2, 0.25) is 0 Å². The maximum Gasteiger partial charge on any atom is 0.148 e. The summed E-state index contributed by atoms with van der Waals surface area (Å²) in [4.78, 5) is 0. The first-order valence-corrected chi connectivity index (χ1v) is 10.1. The van der Waals surface area contributed by atoms with Crippen LogP contribution in [0.3, 0.4) is 0 Å². The van der Waals surface area contributed by atoms with Crippen LogP contribution in [0.15, 0.2) is 66.9 Å². The van der Waals surface area contributed by atoms with E-state index < -0.39 is 0 Å². The Morgan fingerprint density at radius 2 is 1.75 bits per heavy atom. The summed E-state index contributed by atoms with van der Waals surface area (Å²) in [5.74, 6) is 0.818. The van der Waals surface area contributed by atoms with Gasteiger partial charge in [0, 0.05) is 30.4 Å². The fraction of sp³-hybridized carbons (Fsp3) is 0.250. The zero-order valence-electron chi connectivity index (χ0n) is 15.9. The molecule has 0 atom stereocenters. The van der Waals surface area contributed by atoms with Gasteiger partial charge in [0.1, 0.15) is 5.82 Å². The summed E-state index contributed by atoms with van der Waals surface area (Å²) >= 11 is 0. The summed E-state index contributed by atoms with van der Waals surface area (Å²) in [7, 11) is 0. The number of anilines is 1. The van der Waals surface area contributed by atoms with Gasteiger partial charge in [-0.25, -0.2) is 0 Å². The lowest BCUT2D eigenvalue weighted by molar-refractivity contribution is 0.686. The molecule has 4 nitrogen and oxygen atoms in total. The summed E-state index contributed by atoms with van der Waals surface area (Å²) in [5, 5.41) is 13.5. The standard InChI is InChI=1S/C24H24N4/c1-2-7-20-17-21(10-9-18(20)5-1)22-11-12-24(27-26-22)25-14-16-28-15-13-19-6-3-4-8-23(19)28/h3-4,6,8-13,15,17H,1-2,5,7,14,16H2,(H,25,27). The Kier molecular flexibility index (Phi) is 4.53. The molecule has 0 bridgehead atoms. The van der Waals surface area contributed by atoms with E-state index in [1.54, 1.807) is 0 Å². The lowest BCUT2D eigenvalue weighted by Gasteiger charge is -2.16. The number of aryl methyl sites for hydroxylation is 2. The lowest BCUT2D eigenvalue weighted by Crippen LogP contribution is -2.11. The first kappa shape index (κ1) is 17.0. The zero-order chi connectivity index (χ0) is 18.8. The Morgan fingerprint density at radius 3 is 2.64 bits per heavy atom. The van der Waals surface area contributed by atoms with Gasteiger partial charge >= 0.3 is 0 Å². The number of para-hydroxylation sites is 1. The smallest absolute Gasteiger partial charge is 0.148 e. The predicted octanol–water partition coefficient (Wildman–Crippen LogP) is 5.09. The molecule has 0 fully saturated rings. The first-order valence-electron chi connectivity index (χ1n) is 10.1. The highest BCUT2D eigenvalue weighted by Gasteiger charge is 2.11. The molecule has 1 aliphatic rings. The molecule has 0 unspecified atom stereocenters. The minimum Gasteiger partial charge on any atom is -0.367 e. The highest BCUT2D eigenvalue weighted by atomic mass is 15.2. The van der Waals surface area contributed by atoms with Crippen LogP contribution < -0.4 is 5.32 Å². The minimum absolute atomic E-state index is 0.811. The van der Waals surface area contributed by atoms with Crippen LogP contribution >= 0.6 is 0 Å². The molecule has 1 aliphatic carbocycles. The predicted molar refractivity (Wildman–Crippen MR) is 115 cm³/mol. The fourth-order valence-corrected chi connectivity index (χ4v) is 4.11. The Bertz CT molecular complexity index is 1100. The van der Waals surface area contributed by atoms with Gasteiger partial charge in [-0.05, 0) is 72.5 Å². The molecule has 28 heavy (non-hydrogen) atoms. The molecule has 0 radical (unpaired) electrons. The molecule has 4 aromatic rings. The third-order valence-electron chi connectivity index (χ3n) is 5.65. The van der Waals surface area contributed by atoms with Gasteiger partial charge in [0.05, 0.1) is 5.69 Å². The molecule has 5 rings (SSSR count). The van der Waals surface area contributed by atoms with Gasteiger partial charge in [0.15, 0.2) is 0 Å². The first-order chi connectivity index (χ1) is 13.9. The summed E-state index contributed by atoms with van der Waals surface area (Å²) < 4.78 is 2.26. The maximum absolute atomic E-state index is 4.44. The third kappa shape index (κ3) is 3.38. The number of rotatable bonds is 5. The summed E-state index contributed by atoms with van der Waals surface area (Å²) in [6, 6.07) is 21.4. The molecule has 1 N–H and O–H groups in total. The van der Waals surface area contributed by atoms with Crippen LogP contribution in [0.5, 0.6) is 0 Å². The van der Waals surface area contributed by atoms with Crippen LogP contribution in [0.1, 0.15) is 24.0 Å². The van der Waals surface area contributed by atoms with Crippen molar-refractivity contribution < 1.29 is 0 Å². The average molecular weight is 368 g/mol. The van der Waals surface area contributed by atoms with Gasteiger partial charge in [-0.3, -0.25) is 0 Å². The molecular formula is C24H24N4. The van der Waals surface area contributed by atoms with E-state index in [0.717, 1.165) is 24.6 Å². The van der Waals surface area contributed by atoms with Crippen molar-refractivity contribution in [2.75, 3.05) is 11.9 Å². The second kappa shape index (κ2) is 7.47. The van der Waals surface area contributed by atoms with Crippen molar-refractivity contribution in [1.29, 1.82) is 0 Å². The third-order valence-corrected chi connectivity index (χ3v) is 5.65. The summed E-state index contributed by atoms with van der Waals surface area (Å²) in [6.45, 7) is 1.70. The Labute approximate surface area is 165 Å². The van der Waals surface area contributed by atoms with E-state index in [9.17, 15) is 0 Å². The second-order valence-corrected chi connectivity index (χ2v) is 7.49. The van der Waals surface area contributed by atoms with Gasteiger partial charge in [-0.2, -0.15) is 0 Å². The van der Waals surface area contributed by atoms with E-state index in [2.05, 4.69) is 80.9 Å². The molecule has 2 heterocycles. The van der Waals surface area contributed by atoms with Gasteiger partial charge in [0.2, 0.25) is 0 Å². The van der Waals surface area contributed by atoms with Crippen molar-refractivity contribution in [2.24, 2.45) is 0 Å². The maximum atomic E-state index is 4.44. The minimum atomic E-state index is 0.811. The van der Waals surface area contributed by atoms with Crippen molar-refractivity contribution in [2.45, 2.75) is 32.2 Å². The highest BCUT2D eigenvalue weighted by molar-refractivity contribution is 5.79. The normalized spacial score (nSPS) is 13.4. The largest absolute Gasteiger partial charge is 0.367 e. The number of benzene rings is 2. The lowest BCUT2D eigenvalue weighted by atomic mass is 9.90. The number of hydrogen-bond acceptors (Lipinski definition) is 3. The number of fused-ring (bicyclic) bond motifs is 2. The summed E-state index contributed by atoms with van der Waals surface area (Å²) in [6.07, 6.45) is 7.13. The second-order valence-electron chi connectivity index (χ2n) is 7.49. The average Bonchev–Trinajstić information content (AvgIpc) is 3.17. The molecule has 2 aromatic carbocycles. The van der Waals surface area contributed by atoms with E-state index in [1.807, 2.05) is 6.07 Å². The van der Waals surface area contributed by atoms with E-state index in [4.69, 9.17) is 0 Å². The molecule has 0 spiro atoms. The van der Waals surface area contributed by atoms with Crippen LogP contribution in [0.4, 0.5) is 5.82 Å². The van der Waals surface area contributed by atoms with Crippen molar-refractivity contribution in [3.05, 3.63) is 78.0 Å². The quantitative estimate of drug-likeness (QED) is 0.534. The van der Waals surface area contributed by atoms with Crippen molar-refractivity contribution in [1.82, 2.24) is 14.8 Å². The van der Waals surface area contributed by atoms with Crippen molar-refractivity contribution >= 4 is 16.7 Å². The molecule has 140 valence electrons. The Morgan fingerprint density at radius 1 is 0.857 bits per heavy atom. The van der Waals surface area contributed by atoms with Crippen LogP contribution in [-0.4, -0.2) is 21.3 Å². The van der Waals surface area contributed by atoms with Crippen LogP contribution in [0, 0.1) is 0 Å². The number of aromatic nitrogens is 3. The molecule has 0 saturated carbocycles. The Hall–Kier alpha value is -3.14. The van der Waals surface area contributed by atoms with Gasteiger partial charge in [-0.15, -0.1) is 10.2 Å².